The number of nitrogens with one attached hydrogen (secondary N) is 1. The van der Waals surface area contributed by atoms with Gasteiger partial charge in [-0.2, -0.15) is 0 Å². The minimum absolute atomic E-state index is 0.0424. The molecule has 0 spiro atoms. The number of carboxylic acids is 1. The fraction of sp³-hybridized carbons (Fsp3) is 0.652. The number of carboxylic acid groups (broad SMARTS) is 1. The van der Waals surface area contributed by atoms with E-state index in [2.05, 4.69) is 5.32 Å². The van der Waals surface area contributed by atoms with Gasteiger partial charge < -0.3 is 33.3 Å². The Morgan fingerprint density at radius 2 is 1.28 bits per heavy atom. The fourth-order valence-electron chi connectivity index (χ4n) is 3.33. The molecule has 0 saturated heterocycles. The van der Waals surface area contributed by atoms with Crippen molar-refractivity contribution in [1.29, 1.82) is 0 Å². The zero-order valence-electron chi connectivity index (χ0n) is 22.0. The van der Waals surface area contributed by atoms with Crippen LogP contribution in [0.15, 0.2) is 24.3 Å². The average molecular weight is 552 g/mol. The molecule has 206 valence electrons. The molecule has 0 aliphatic heterocycles. The van der Waals surface area contributed by atoms with Crippen molar-refractivity contribution in [3.63, 3.8) is 0 Å². The molecule has 1 aromatic carbocycles. The standard InChI is InChI=1S/C23H39NO10P2/c1-8-30-35(28,31-9-2)21(36(29,32-10-3)33-11-4)18-14-12-17(13-15-18)16-19(20(25)26)24-22(27)34-23(5,6)7/h12-15,19,21H,8-11,16H2,1-7H3,(H,24,27)(H,25,26)/t19-/m0/s1. The zero-order chi connectivity index (χ0) is 27.6. The van der Waals surface area contributed by atoms with Crippen molar-refractivity contribution >= 4 is 27.3 Å². The highest BCUT2D eigenvalue weighted by atomic mass is 31.2. The molecule has 2 N–H and O–H groups in total. The van der Waals surface area contributed by atoms with Crippen LogP contribution in [0.25, 0.3) is 0 Å². The van der Waals surface area contributed by atoms with Crippen LogP contribution in [0.1, 0.15) is 65.0 Å². The van der Waals surface area contributed by atoms with Crippen molar-refractivity contribution in [1.82, 2.24) is 5.32 Å². The fourth-order valence-corrected chi connectivity index (χ4v) is 8.74. The summed E-state index contributed by atoms with van der Waals surface area (Å²) in [5, 5.41) is 10.6. The van der Waals surface area contributed by atoms with Gasteiger partial charge in [0, 0.05) is 6.42 Å². The normalized spacial score (nSPS) is 13.4. The van der Waals surface area contributed by atoms with Crippen LogP contribution in [-0.2, 0) is 43.2 Å². The third-order valence-electron chi connectivity index (χ3n) is 4.54. The Balaban J connectivity index is 3.36. The Bertz CT molecular complexity index is 895. The molecule has 36 heavy (non-hydrogen) atoms. The van der Waals surface area contributed by atoms with E-state index in [-0.39, 0.29) is 32.8 Å². The van der Waals surface area contributed by atoms with Gasteiger partial charge in [-0.25, -0.2) is 9.59 Å². The summed E-state index contributed by atoms with van der Waals surface area (Å²) in [6, 6.07) is 5.00. The third kappa shape index (κ3) is 9.61. The van der Waals surface area contributed by atoms with E-state index in [0.717, 1.165) is 0 Å². The Kier molecular flexibility index (Phi) is 12.8. The van der Waals surface area contributed by atoms with Crippen LogP contribution >= 0.6 is 15.2 Å². The molecule has 0 aromatic heterocycles. The van der Waals surface area contributed by atoms with Gasteiger partial charge in [-0.1, -0.05) is 24.3 Å². The van der Waals surface area contributed by atoms with Crippen LogP contribution in [0.3, 0.4) is 0 Å². The summed E-state index contributed by atoms with van der Waals surface area (Å²) in [6.07, 6.45) is -0.904. The lowest BCUT2D eigenvalue weighted by Crippen LogP contribution is -2.44. The Morgan fingerprint density at radius 1 is 0.861 bits per heavy atom. The van der Waals surface area contributed by atoms with E-state index in [9.17, 15) is 23.8 Å². The van der Waals surface area contributed by atoms with E-state index in [0.29, 0.717) is 11.1 Å². The van der Waals surface area contributed by atoms with Gasteiger partial charge in [0.15, 0.2) is 5.40 Å². The molecule has 13 heteroatoms. The molecular weight excluding hydrogens is 512 g/mol. The van der Waals surface area contributed by atoms with E-state index in [4.69, 9.17) is 22.8 Å². The topological polar surface area (TPSA) is 147 Å². The highest BCUT2D eigenvalue weighted by molar-refractivity contribution is 7.72. The van der Waals surface area contributed by atoms with Gasteiger partial charge in [-0.05, 0) is 59.6 Å². The highest BCUT2D eigenvalue weighted by Gasteiger charge is 2.51. The van der Waals surface area contributed by atoms with Crippen molar-refractivity contribution in [3.05, 3.63) is 35.4 Å². The van der Waals surface area contributed by atoms with Gasteiger partial charge in [0.2, 0.25) is 0 Å². The van der Waals surface area contributed by atoms with E-state index < -0.39 is 44.3 Å². The summed E-state index contributed by atoms with van der Waals surface area (Å²) in [7, 11) is -8.02. The average Bonchev–Trinajstić information content (AvgIpc) is 2.73. The molecule has 0 fully saturated rings. The first kappa shape index (κ1) is 32.3. The van der Waals surface area contributed by atoms with Gasteiger partial charge in [-0.3, -0.25) is 9.13 Å². The van der Waals surface area contributed by atoms with Crippen molar-refractivity contribution in [2.45, 2.75) is 71.9 Å². The number of rotatable bonds is 15. The van der Waals surface area contributed by atoms with Crippen molar-refractivity contribution in [3.8, 4) is 0 Å². The summed E-state index contributed by atoms with van der Waals surface area (Å²) in [5.74, 6) is -1.24. The zero-order valence-corrected chi connectivity index (χ0v) is 23.8. The summed E-state index contributed by atoms with van der Waals surface area (Å²) < 4.78 is 54.7. The number of hydrogen-bond donors (Lipinski definition) is 2. The number of carbonyl (C=O) groups is 2. The monoisotopic (exact) mass is 551 g/mol. The smallest absolute Gasteiger partial charge is 0.408 e. The van der Waals surface area contributed by atoms with Crippen molar-refractivity contribution in [2.24, 2.45) is 0 Å². The molecule has 0 heterocycles. The Morgan fingerprint density at radius 3 is 1.61 bits per heavy atom. The lowest BCUT2D eigenvalue weighted by molar-refractivity contribution is -0.139. The van der Waals surface area contributed by atoms with E-state index in [1.807, 2.05) is 0 Å². The second-order valence-electron chi connectivity index (χ2n) is 8.61. The molecule has 11 nitrogen and oxygen atoms in total. The van der Waals surface area contributed by atoms with Crippen LogP contribution in [0.5, 0.6) is 0 Å². The van der Waals surface area contributed by atoms with Crippen molar-refractivity contribution < 1.29 is 46.7 Å². The first-order valence-corrected chi connectivity index (χ1v) is 15.1. The first-order valence-electron chi connectivity index (χ1n) is 11.8. The lowest BCUT2D eigenvalue weighted by atomic mass is 10.0. The van der Waals surface area contributed by atoms with Crippen LogP contribution in [0.2, 0.25) is 0 Å². The SMILES string of the molecule is CCOP(=O)(OCC)C(c1ccc(C[C@H](NC(=O)OC(C)(C)C)C(=O)O)cc1)P(=O)(OCC)OCC. The number of ether oxygens (including phenoxy) is 1. The lowest BCUT2D eigenvalue weighted by Gasteiger charge is -2.31. The molecule has 1 rings (SSSR count). The number of benzene rings is 1. The second-order valence-corrected chi connectivity index (χ2v) is 13.2. The summed E-state index contributed by atoms with van der Waals surface area (Å²) in [5.41, 5.74) is 0.0842. The van der Waals surface area contributed by atoms with E-state index in [1.165, 1.54) is 0 Å². The predicted octanol–water partition coefficient (Wildman–Crippen LogP) is 5.74. The molecule has 0 unspecified atom stereocenters. The molecule has 1 amide bonds. The molecule has 1 atom stereocenters. The largest absolute Gasteiger partial charge is 0.480 e. The highest BCUT2D eigenvalue weighted by Crippen LogP contribution is 2.78. The van der Waals surface area contributed by atoms with Crippen LogP contribution in [0.4, 0.5) is 4.79 Å². The number of hydrogen-bond acceptors (Lipinski definition) is 9. The third-order valence-corrected chi connectivity index (χ3v) is 10.5. The van der Waals surface area contributed by atoms with Gasteiger partial charge in [-0.15, -0.1) is 0 Å². The maximum Gasteiger partial charge on any atom is 0.408 e. The molecular formula is C23H39NO10P2. The number of aliphatic carboxylic acids is 1. The van der Waals surface area contributed by atoms with Crippen LogP contribution < -0.4 is 5.32 Å². The van der Waals surface area contributed by atoms with E-state index in [1.54, 1.807) is 72.7 Å². The molecule has 1 aromatic rings. The minimum Gasteiger partial charge on any atom is -0.480 e. The van der Waals surface area contributed by atoms with Gasteiger partial charge in [0.25, 0.3) is 0 Å². The maximum absolute atomic E-state index is 13.8. The molecule has 0 radical (unpaired) electrons. The summed E-state index contributed by atoms with van der Waals surface area (Å²) >= 11 is 0. The second kappa shape index (κ2) is 14.3. The molecule has 0 aliphatic carbocycles. The molecule has 0 aliphatic rings. The Hall–Kier alpha value is -1.74. The van der Waals surface area contributed by atoms with E-state index >= 15 is 0 Å². The molecule has 0 bridgehead atoms. The maximum atomic E-state index is 13.8. The van der Waals surface area contributed by atoms with Gasteiger partial charge in [0.05, 0.1) is 26.4 Å². The molecule has 0 saturated carbocycles. The first-order chi connectivity index (χ1) is 16.7. The Labute approximate surface area is 213 Å². The summed E-state index contributed by atoms with van der Waals surface area (Å²) in [6.45, 7) is 11.7. The van der Waals surface area contributed by atoms with Crippen LogP contribution in [-0.4, -0.2) is 55.2 Å². The summed E-state index contributed by atoms with van der Waals surface area (Å²) in [4.78, 5) is 23.8. The quantitative estimate of drug-likeness (QED) is 0.259. The van der Waals surface area contributed by atoms with Gasteiger partial charge >= 0.3 is 27.3 Å². The number of amides is 1. The van der Waals surface area contributed by atoms with Crippen LogP contribution in [0, 0.1) is 0 Å². The number of alkyl carbamates (subject to hydrolysis) is 1. The number of carbonyl (C=O) groups excluding carboxylic acids is 1. The van der Waals surface area contributed by atoms with Gasteiger partial charge in [0.1, 0.15) is 11.6 Å². The van der Waals surface area contributed by atoms with Crippen molar-refractivity contribution in [2.75, 3.05) is 26.4 Å². The predicted molar refractivity (Wildman–Crippen MR) is 135 cm³/mol. The minimum atomic E-state index is -4.01.